The Kier molecular flexibility index (Phi) is 8.23. The molecular weight excluding hydrogens is 500 g/mol. The van der Waals surface area contributed by atoms with Gasteiger partial charge in [-0.2, -0.15) is 0 Å². The Labute approximate surface area is 227 Å². The van der Waals surface area contributed by atoms with E-state index in [2.05, 4.69) is 37.5 Å². The SMILES string of the molecule is COC(=O)Nc1ccc(-c2cnc([C@H](Cc3ccc4c(c3)CC(OC(C)=O)C4)NC(=O)OC(C)(C)C)[nH]2)cc1. The van der Waals surface area contributed by atoms with Gasteiger partial charge in [0.15, 0.2) is 0 Å². The quantitative estimate of drug-likeness (QED) is 0.284. The number of H-pyrrole nitrogens is 1. The first-order valence-electron chi connectivity index (χ1n) is 12.8. The molecule has 0 bridgehead atoms. The van der Waals surface area contributed by atoms with Gasteiger partial charge in [-0.1, -0.05) is 30.3 Å². The average Bonchev–Trinajstić information content (AvgIpc) is 3.49. The summed E-state index contributed by atoms with van der Waals surface area (Å²) in [6, 6.07) is 12.9. The van der Waals surface area contributed by atoms with E-state index in [4.69, 9.17) is 9.47 Å². The molecule has 0 fully saturated rings. The lowest BCUT2D eigenvalue weighted by Gasteiger charge is -2.23. The van der Waals surface area contributed by atoms with E-state index in [0.717, 1.165) is 27.9 Å². The first-order chi connectivity index (χ1) is 18.5. The fourth-order valence-electron chi connectivity index (χ4n) is 4.54. The summed E-state index contributed by atoms with van der Waals surface area (Å²) in [5, 5.41) is 5.58. The number of aromatic amines is 1. The van der Waals surface area contributed by atoms with Gasteiger partial charge in [0.05, 0.1) is 25.0 Å². The van der Waals surface area contributed by atoms with Crippen LogP contribution in [0.25, 0.3) is 11.3 Å². The van der Waals surface area contributed by atoms with Crippen LogP contribution < -0.4 is 10.6 Å². The van der Waals surface area contributed by atoms with E-state index in [1.54, 1.807) is 18.3 Å². The van der Waals surface area contributed by atoms with Crippen molar-refractivity contribution < 1.29 is 28.6 Å². The number of imidazole rings is 1. The first kappa shape index (κ1) is 27.7. The maximum absolute atomic E-state index is 12.7. The maximum Gasteiger partial charge on any atom is 0.411 e. The Morgan fingerprint density at radius 1 is 1.05 bits per heavy atom. The molecule has 0 saturated carbocycles. The van der Waals surface area contributed by atoms with E-state index in [1.807, 2.05) is 39.0 Å². The van der Waals surface area contributed by atoms with Gasteiger partial charge < -0.3 is 24.5 Å². The van der Waals surface area contributed by atoms with Crippen molar-refractivity contribution in [3.8, 4) is 11.3 Å². The van der Waals surface area contributed by atoms with Crippen molar-refractivity contribution >= 4 is 23.8 Å². The molecular formula is C29H34N4O6. The Hall–Kier alpha value is -4.34. The van der Waals surface area contributed by atoms with Gasteiger partial charge in [-0.3, -0.25) is 10.1 Å². The summed E-state index contributed by atoms with van der Waals surface area (Å²) in [5.41, 5.74) is 4.86. The zero-order valence-corrected chi connectivity index (χ0v) is 22.8. The molecule has 2 atom stereocenters. The van der Waals surface area contributed by atoms with Crippen molar-refractivity contribution in [2.24, 2.45) is 0 Å². The summed E-state index contributed by atoms with van der Waals surface area (Å²) < 4.78 is 15.5. The predicted molar refractivity (Wildman–Crippen MR) is 145 cm³/mol. The van der Waals surface area contributed by atoms with E-state index < -0.39 is 23.8 Å². The number of ether oxygens (including phenoxy) is 3. The Bertz CT molecular complexity index is 1340. The van der Waals surface area contributed by atoms with Crippen LogP contribution in [0.3, 0.4) is 0 Å². The molecule has 1 unspecified atom stereocenters. The van der Waals surface area contributed by atoms with Crippen molar-refractivity contribution in [2.75, 3.05) is 12.4 Å². The highest BCUT2D eigenvalue weighted by atomic mass is 16.6. The monoisotopic (exact) mass is 534 g/mol. The van der Waals surface area contributed by atoms with Gasteiger partial charge in [0.1, 0.15) is 17.5 Å². The van der Waals surface area contributed by atoms with Crippen LogP contribution in [0, 0.1) is 0 Å². The molecule has 0 aliphatic heterocycles. The second-order valence-electron chi connectivity index (χ2n) is 10.5. The number of methoxy groups -OCH3 is 1. The number of rotatable bonds is 7. The highest BCUT2D eigenvalue weighted by Gasteiger charge is 2.26. The minimum atomic E-state index is -0.651. The molecule has 3 N–H and O–H groups in total. The average molecular weight is 535 g/mol. The smallest absolute Gasteiger partial charge is 0.411 e. The van der Waals surface area contributed by atoms with Gasteiger partial charge in [-0.25, -0.2) is 14.6 Å². The molecule has 0 spiro atoms. The van der Waals surface area contributed by atoms with Crippen molar-refractivity contribution in [3.63, 3.8) is 0 Å². The molecule has 0 saturated heterocycles. The normalized spacial score (nSPS) is 15.2. The third-order valence-corrected chi connectivity index (χ3v) is 6.18. The van der Waals surface area contributed by atoms with Crippen molar-refractivity contribution in [1.82, 2.24) is 15.3 Å². The number of hydrogen-bond donors (Lipinski definition) is 3. The second kappa shape index (κ2) is 11.6. The number of anilines is 1. The van der Waals surface area contributed by atoms with Crippen LogP contribution >= 0.6 is 0 Å². The lowest BCUT2D eigenvalue weighted by molar-refractivity contribution is -0.145. The number of carbonyl (C=O) groups is 3. The third kappa shape index (κ3) is 7.59. The Morgan fingerprint density at radius 2 is 1.77 bits per heavy atom. The van der Waals surface area contributed by atoms with Crippen LogP contribution in [0.4, 0.5) is 15.3 Å². The van der Waals surface area contributed by atoms with Crippen molar-refractivity contribution in [2.45, 2.75) is 64.7 Å². The van der Waals surface area contributed by atoms with Gasteiger partial charge in [0.25, 0.3) is 0 Å². The van der Waals surface area contributed by atoms with E-state index in [0.29, 0.717) is 30.8 Å². The van der Waals surface area contributed by atoms with E-state index in [9.17, 15) is 14.4 Å². The Balaban J connectivity index is 1.54. The number of alkyl carbamates (subject to hydrolysis) is 1. The van der Waals surface area contributed by atoms with E-state index >= 15 is 0 Å². The molecule has 10 nitrogen and oxygen atoms in total. The number of carbonyl (C=O) groups excluding carboxylic acids is 3. The molecule has 2 amide bonds. The van der Waals surface area contributed by atoms with Crippen LogP contribution in [-0.2, 0) is 38.3 Å². The molecule has 39 heavy (non-hydrogen) atoms. The molecule has 4 rings (SSSR count). The third-order valence-electron chi connectivity index (χ3n) is 6.18. The Morgan fingerprint density at radius 3 is 2.44 bits per heavy atom. The summed E-state index contributed by atoms with van der Waals surface area (Å²) in [6.45, 7) is 6.86. The number of nitrogens with one attached hydrogen (secondary N) is 3. The highest BCUT2D eigenvalue weighted by Crippen LogP contribution is 2.28. The lowest BCUT2D eigenvalue weighted by atomic mass is 10.0. The minimum absolute atomic E-state index is 0.148. The first-order valence-corrected chi connectivity index (χ1v) is 12.8. The summed E-state index contributed by atoms with van der Waals surface area (Å²) >= 11 is 0. The number of amides is 2. The summed E-state index contributed by atoms with van der Waals surface area (Å²) in [6.07, 6.45) is 2.30. The summed E-state index contributed by atoms with van der Waals surface area (Å²) in [5.74, 6) is 0.295. The van der Waals surface area contributed by atoms with Gasteiger partial charge in [-0.05, 0) is 55.2 Å². The molecule has 1 aromatic heterocycles. The van der Waals surface area contributed by atoms with Gasteiger partial charge in [-0.15, -0.1) is 0 Å². The number of fused-ring (bicyclic) bond motifs is 1. The minimum Gasteiger partial charge on any atom is -0.462 e. The van der Waals surface area contributed by atoms with Gasteiger partial charge in [0.2, 0.25) is 0 Å². The molecule has 206 valence electrons. The number of benzene rings is 2. The number of aromatic nitrogens is 2. The second-order valence-corrected chi connectivity index (χ2v) is 10.5. The molecule has 10 heteroatoms. The summed E-state index contributed by atoms with van der Waals surface area (Å²) in [7, 11) is 1.31. The number of esters is 1. The van der Waals surface area contributed by atoms with E-state index in [1.165, 1.54) is 14.0 Å². The number of nitrogens with zero attached hydrogens (tertiary/aromatic N) is 1. The molecule has 1 aliphatic rings. The van der Waals surface area contributed by atoms with Crippen LogP contribution in [0.15, 0.2) is 48.7 Å². The predicted octanol–water partition coefficient (Wildman–Crippen LogP) is 5.09. The highest BCUT2D eigenvalue weighted by molar-refractivity contribution is 5.84. The largest absolute Gasteiger partial charge is 0.462 e. The van der Waals surface area contributed by atoms with E-state index in [-0.39, 0.29) is 12.1 Å². The van der Waals surface area contributed by atoms with Crippen LogP contribution in [0.2, 0.25) is 0 Å². The molecule has 0 radical (unpaired) electrons. The molecule has 1 heterocycles. The van der Waals surface area contributed by atoms with Crippen LogP contribution in [0.5, 0.6) is 0 Å². The molecule has 3 aromatic rings. The van der Waals surface area contributed by atoms with Gasteiger partial charge >= 0.3 is 18.2 Å². The standard InChI is InChI=1S/C29H34N4O6/c1-17(34)38-23-14-20-7-6-18(12-21(20)15-23)13-24(33-28(36)39-29(2,3)4)26-30-16-25(32-26)19-8-10-22(11-9-19)31-27(35)37-5/h6-12,16,23-24H,13-15H2,1-5H3,(H,30,32)(H,31,35)(H,33,36)/t23?,24-/m0/s1. The van der Waals surface area contributed by atoms with Gasteiger partial charge in [0, 0.05) is 31.9 Å². The van der Waals surface area contributed by atoms with Crippen molar-refractivity contribution in [3.05, 3.63) is 71.2 Å². The lowest BCUT2D eigenvalue weighted by Crippen LogP contribution is -2.36. The van der Waals surface area contributed by atoms with Crippen LogP contribution in [-0.4, -0.2) is 46.9 Å². The molecule has 2 aromatic carbocycles. The fourth-order valence-corrected chi connectivity index (χ4v) is 4.54. The number of hydrogen-bond acceptors (Lipinski definition) is 7. The topological polar surface area (TPSA) is 132 Å². The zero-order chi connectivity index (χ0) is 28.2. The van der Waals surface area contributed by atoms with Crippen LogP contribution in [0.1, 0.15) is 56.3 Å². The summed E-state index contributed by atoms with van der Waals surface area (Å²) in [4.78, 5) is 43.4. The fraction of sp³-hybridized carbons (Fsp3) is 0.379. The maximum atomic E-state index is 12.7. The van der Waals surface area contributed by atoms with Crippen molar-refractivity contribution in [1.29, 1.82) is 0 Å². The zero-order valence-electron chi connectivity index (χ0n) is 22.8. The molecule has 1 aliphatic carbocycles.